The third-order valence-corrected chi connectivity index (χ3v) is 5.11. The number of piperidine rings is 1. The second kappa shape index (κ2) is 7.40. The molecule has 1 aliphatic rings. The van der Waals surface area contributed by atoms with Gasteiger partial charge in [0.1, 0.15) is 6.10 Å². The summed E-state index contributed by atoms with van der Waals surface area (Å²) in [6.07, 6.45) is 3.98. The molecule has 0 aliphatic carbocycles. The average Bonchev–Trinajstić information content (AvgIpc) is 3.10. The molecule has 1 aliphatic heterocycles. The molecule has 0 spiro atoms. The molecule has 0 unspecified atom stereocenters. The van der Waals surface area contributed by atoms with Gasteiger partial charge in [0, 0.05) is 37.4 Å². The Kier molecular flexibility index (Phi) is 5.24. The lowest BCUT2D eigenvalue weighted by Gasteiger charge is -2.31. The Hall–Kier alpha value is -2.13. The van der Waals surface area contributed by atoms with Crippen LogP contribution in [0.5, 0.6) is 5.88 Å². The largest absolute Gasteiger partial charge is 0.474 e. The number of amides is 1. The molecule has 0 radical (unpaired) electrons. The van der Waals surface area contributed by atoms with Crippen LogP contribution in [0.15, 0.2) is 35.2 Å². The Morgan fingerprint density at radius 3 is 2.64 bits per heavy atom. The molecule has 1 N–H and O–H groups in total. The number of carbonyl (C=O) groups excluding carboxylic acids is 1. The van der Waals surface area contributed by atoms with Crippen LogP contribution in [0.25, 0.3) is 0 Å². The molecule has 134 valence electrons. The van der Waals surface area contributed by atoms with E-state index in [2.05, 4.69) is 9.71 Å². The van der Waals surface area contributed by atoms with Gasteiger partial charge in [0.05, 0.1) is 23.7 Å². The van der Waals surface area contributed by atoms with Crippen molar-refractivity contribution in [1.82, 2.24) is 9.88 Å². The summed E-state index contributed by atoms with van der Waals surface area (Å²) in [7, 11) is -3.32. The Bertz CT molecular complexity index is 812. The lowest BCUT2D eigenvalue weighted by Crippen LogP contribution is -2.41. The van der Waals surface area contributed by atoms with E-state index in [1.54, 1.807) is 12.1 Å². The van der Waals surface area contributed by atoms with Crippen LogP contribution in [-0.2, 0) is 10.0 Å². The standard InChI is InChI=1S/C16H19N3O4S2/c1-25(21,22)18-13-2-3-15(17-10-13)23-14-4-7-19(8-5-14)16(20)12-6-9-24-11-12/h2-3,6,9-11,14,18H,4-5,7-8H2,1H3. The highest BCUT2D eigenvalue weighted by Gasteiger charge is 2.25. The van der Waals surface area contributed by atoms with Gasteiger partial charge in [0.25, 0.3) is 5.91 Å². The molecule has 0 aromatic carbocycles. The zero-order valence-corrected chi connectivity index (χ0v) is 15.3. The number of hydrogen-bond donors (Lipinski definition) is 1. The minimum absolute atomic E-state index is 0.00672. The number of hydrogen-bond acceptors (Lipinski definition) is 6. The van der Waals surface area contributed by atoms with Crippen molar-refractivity contribution in [2.45, 2.75) is 18.9 Å². The van der Waals surface area contributed by atoms with Crippen molar-refractivity contribution in [3.8, 4) is 5.88 Å². The number of pyridine rings is 1. The first kappa shape index (κ1) is 17.7. The Labute approximate surface area is 150 Å². The van der Waals surface area contributed by atoms with E-state index in [1.807, 2.05) is 21.7 Å². The molecule has 2 aromatic rings. The number of sulfonamides is 1. The molecule has 3 heterocycles. The van der Waals surface area contributed by atoms with E-state index in [0.717, 1.165) is 24.7 Å². The first-order chi connectivity index (χ1) is 11.9. The van der Waals surface area contributed by atoms with E-state index in [4.69, 9.17) is 4.74 Å². The smallest absolute Gasteiger partial charge is 0.254 e. The summed E-state index contributed by atoms with van der Waals surface area (Å²) in [6.45, 7) is 1.29. The van der Waals surface area contributed by atoms with E-state index in [9.17, 15) is 13.2 Å². The van der Waals surface area contributed by atoms with Crippen molar-refractivity contribution in [1.29, 1.82) is 0 Å². The maximum atomic E-state index is 12.3. The van der Waals surface area contributed by atoms with Crippen LogP contribution in [0.1, 0.15) is 23.2 Å². The van der Waals surface area contributed by atoms with Crippen molar-refractivity contribution < 1.29 is 17.9 Å². The zero-order valence-electron chi connectivity index (χ0n) is 13.7. The van der Waals surface area contributed by atoms with Crippen LogP contribution < -0.4 is 9.46 Å². The van der Waals surface area contributed by atoms with Crippen molar-refractivity contribution in [3.63, 3.8) is 0 Å². The molecular formula is C16H19N3O4S2. The van der Waals surface area contributed by atoms with Gasteiger partial charge < -0.3 is 9.64 Å². The Morgan fingerprint density at radius 2 is 2.08 bits per heavy atom. The lowest BCUT2D eigenvalue weighted by atomic mass is 10.1. The number of aromatic nitrogens is 1. The fourth-order valence-corrected chi connectivity index (χ4v) is 3.82. The second-order valence-electron chi connectivity index (χ2n) is 5.88. The molecule has 2 aromatic heterocycles. The molecule has 7 nitrogen and oxygen atoms in total. The van der Waals surface area contributed by atoms with Gasteiger partial charge in [-0.05, 0) is 17.5 Å². The lowest BCUT2D eigenvalue weighted by molar-refractivity contribution is 0.0588. The van der Waals surface area contributed by atoms with Crippen LogP contribution in [0.3, 0.4) is 0 Å². The Morgan fingerprint density at radius 1 is 1.32 bits per heavy atom. The number of nitrogens with one attached hydrogen (secondary N) is 1. The highest BCUT2D eigenvalue weighted by molar-refractivity contribution is 7.92. The van der Waals surface area contributed by atoms with E-state index in [1.165, 1.54) is 17.5 Å². The summed E-state index contributed by atoms with van der Waals surface area (Å²) in [5.41, 5.74) is 1.13. The molecule has 0 saturated carbocycles. The van der Waals surface area contributed by atoms with E-state index in [0.29, 0.717) is 24.7 Å². The van der Waals surface area contributed by atoms with Crippen LogP contribution >= 0.6 is 11.3 Å². The first-order valence-electron chi connectivity index (χ1n) is 7.83. The monoisotopic (exact) mass is 381 g/mol. The molecule has 0 atom stereocenters. The SMILES string of the molecule is CS(=O)(=O)Nc1ccc(OC2CCN(C(=O)c3ccsc3)CC2)nc1. The van der Waals surface area contributed by atoms with Gasteiger partial charge in [-0.2, -0.15) is 11.3 Å². The zero-order chi connectivity index (χ0) is 17.9. The summed E-state index contributed by atoms with van der Waals surface area (Å²) < 4.78 is 30.5. The predicted molar refractivity (Wildman–Crippen MR) is 96.6 cm³/mol. The quantitative estimate of drug-likeness (QED) is 0.858. The highest BCUT2D eigenvalue weighted by atomic mass is 32.2. The predicted octanol–water partition coefficient (Wildman–Crippen LogP) is 2.20. The van der Waals surface area contributed by atoms with Crippen molar-refractivity contribution >= 4 is 33.0 Å². The summed E-state index contributed by atoms with van der Waals surface area (Å²) in [5.74, 6) is 0.510. The molecule has 25 heavy (non-hydrogen) atoms. The summed E-state index contributed by atoms with van der Waals surface area (Å²) >= 11 is 1.52. The van der Waals surface area contributed by atoms with Crippen LogP contribution in [0.4, 0.5) is 5.69 Å². The normalized spacial score (nSPS) is 15.8. The van der Waals surface area contributed by atoms with Crippen molar-refractivity contribution in [3.05, 3.63) is 40.7 Å². The molecule has 1 fully saturated rings. The number of carbonyl (C=O) groups is 1. The van der Waals surface area contributed by atoms with Crippen molar-refractivity contribution in [2.24, 2.45) is 0 Å². The fourth-order valence-electron chi connectivity index (χ4n) is 2.64. The summed E-state index contributed by atoms with van der Waals surface area (Å²) in [5, 5.41) is 3.76. The maximum absolute atomic E-state index is 12.3. The van der Waals surface area contributed by atoms with E-state index in [-0.39, 0.29) is 12.0 Å². The van der Waals surface area contributed by atoms with Gasteiger partial charge in [-0.3, -0.25) is 9.52 Å². The van der Waals surface area contributed by atoms with Crippen molar-refractivity contribution in [2.75, 3.05) is 24.1 Å². The third-order valence-electron chi connectivity index (χ3n) is 3.82. The molecule has 1 saturated heterocycles. The minimum atomic E-state index is -3.32. The van der Waals surface area contributed by atoms with E-state index >= 15 is 0 Å². The number of nitrogens with zero attached hydrogens (tertiary/aromatic N) is 2. The van der Waals surface area contributed by atoms with Gasteiger partial charge in [-0.1, -0.05) is 0 Å². The molecule has 1 amide bonds. The third kappa shape index (κ3) is 4.93. The van der Waals surface area contributed by atoms with Gasteiger partial charge in [0.2, 0.25) is 15.9 Å². The van der Waals surface area contributed by atoms with Crippen LogP contribution in [-0.4, -0.2) is 49.7 Å². The van der Waals surface area contributed by atoms with Gasteiger partial charge in [-0.25, -0.2) is 13.4 Å². The molecule has 0 bridgehead atoms. The van der Waals surface area contributed by atoms with Gasteiger partial charge in [-0.15, -0.1) is 0 Å². The highest BCUT2D eigenvalue weighted by Crippen LogP contribution is 2.20. The number of anilines is 1. The number of ether oxygens (including phenoxy) is 1. The average molecular weight is 381 g/mol. The first-order valence-corrected chi connectivity index (χ1v) is 10.7. The molecule has 3 rings (SSSR count). The molecule has 9 heteroatoms. The van der Waals surface area contributed by atoms with Gasteiger partial charge >= 0.3 is 0 Å². The van der Waals surface area contributed by atoms with E-state index < -0.39 is 10.0 Å². The summed E-state index contributed by atoms with van der Waals surface area (Å²) in [6, 6.07) is 5.08. The maximum Gasteiger partial charge on any atom is 0.254 e. The minimum Gasteiger partial charge on any atom is -0.474 e. The number of likely N-dealkylation sites (tertiary alicyclic amines) is 1. The number of rotatable bonds is 5. The summed E-state index contributed by atoms with van der Waals surface area (Å²) in [4.78, 5) is 18.3. The topological polar surface area (TPSA) is 88.6 Å². The molecular weight excluding hydrogens is 362 g/mol. The van der Waals surface area contributed by atoms with Crippen LogP contribution in [0, 0.1) is 0 Å². The number of thiophene rings is 1. The Balaban J connectivity index is 1.51. The van der Waals surface area contributed by atoms with Crippen LogP contribution in [0.2, 0.25) is 0 Å². The fraction of sp³-hybridized carbons (Fsp3) is 0.375. The van der Waals surface area contributed by atoms with Gasteiger partial charge in [0.15, 0.2) is 0 Å². The second-order valence-corrected chi connectivity index (χ2v) is 8.41.